The summed E-state index contributed by atoms with van der Waals surface area (Å²) < 4.78 is 70.8. The minimum Gasteiger partial charge on any atom is -0.484 e. The van der Waals surface area contributed by atoms with Gasteiger partial charge in [0.05, 0.1) is 29.2 Å². The zero-order valence-corrected chi connectivity index (χ0v) is 19.0. The molecule has 180 valence electrons. The van der Waals surface area contributed by atoms with Crippen molar-refractivity contribution in [3.63, 3.8) is 0 Å². The maximum Gasteiger partial charge on any atom is 0.355 e. The predicted octanol–water partition coefficient (Wildman–Crippen LogP) is 3.35. The number of dihydropyridines is 1. The third-order valence-electron chi connectivity index (χ3n) is 5.35. The maximum atomic E-state index is 13.3. The van der Waals surface area contributed by atoms with E-state index in [-0.39, 0.29) is 11.4 Å². The summed E-state index contributed by atoms with van der Waals surface area (Å²) in [5, 5.41) is 1.77. The maximum absolute atomic E-state index is 13.3. The van der Waals surface area contributed by atoms with Gasteiger partial charge in [-0.05, 0) is 42.8 Å². The number of halogens is 3. The molecule has 2 aromatic carbocycles. The first-order valence-corrected chi connectivity index (χ1v) is 11.7. The normalized spacial score (nSPS) is 16.6. The number of ether oxygens (including phenoxy) is 1. The molecule has 0 radical (unpaired) electrons. The van der Waals surface area contributed by atoms with Crippen molar-refractivity contribution in [1.82, 2.24) is 10.4 Å². The van der Waals surface area contributed by atoms with E-state index in [1.165, 1.54) is 36.4 Å². The number of nitrogens with zero attached hydrogens (tertiary/aromatic N) is 2. The number of anilines is 1. The van der Waals surface area contributed by atoms with Gasteiger partial charge in [-0.15, -0.1) is 0 Å². The third-order valence-corrected chi connectivity index (χ3v) is 6.32. The Labute approximate surface area is 194 Å². The Morgan fingerprint density at radius 2 is 1.91 bits per heavy atom. The number of nitrogens with one attached hydrogen (secondary N) is 2. The zero-order chi connectivity index (χ0) is 24.6. The van der Waals surface area contributed by atoms with E-state index in [1.54, 1.807) is 25.0 Å². The van der Waals surface area contributed by atoms with Gasteiger partial charge in [0.15, 0.2) is 0 Å². The van der Waals surface area contributed by atoms with Crippen LogP contribution in [0.4, 0.5) is 18.9 Å². The molecule has 12 heteroatoms. The van der Waals surface area contributed by atoms with Gasteiger partial charge in [0, 0.05) is 12.6 Å². The lowest BCUT2D eigenvalue weighted by molar-refractivity contribution is 0.227. The van der Waals surface area contributed by atoms with Gasteiger partial charge < -0.3 is 10.5 Å². The first-order valence-electron chi connectivity index (χ1n) is 10.2. The molecule has 0 spiro atoms. The predicted molar refractivity (Wildman–Crippen MR) is 123 cm³/mol. The van der Waals surface area contributed by atoms with Gasteiger partial charge in [0.25, 0.3) is 10.0 Å². The number of hydrogen-bond acceptors (Lipinski definition) is 7. The number of hydrogen-bond donors (Lipinski definition) is 3. The molecule has 0 amide bonds. The molecule has 4 N–H and O–H groups in total. The highest BCUT2D eigenvalue weighted by atomic mass is 32.2. The van der Waals surface area contributed by atoms with Gasteiger partial charge in [-0.1, -0.05) is 18.2 Å². The first-order chi connectivity index (χ1) is 16.1. The fourth-order valence-electron chi connectivity index (χ4n) is 3.65. The van der Waals surface area contributed by atoms with Gasteiger partial charge in [-0.25, -0.2) is 12.8 Å². The summed E-state index contributed by atoms with van der Waals surface area (Å²) in [5.41, 5.74) is 12.4. The fourth-order valence-corrected chi connectivity index (χ4v) is 4.21. The van der Waals surface area contributed by atoms with Crippen LogP contribution in [0.15, 0.2) is 64.8 Å². The van der Waals surface area contributed by atoms with E-state index in [0.29, 0.717) is 34.8 Å². The molecule has 0 aromatic heterocycles. The van der Waals surface area contributed by atoms with Crippen LogP contribution in [0.25, 0.3) is 5.70 Å². The Morgan fingerprint density at radius 1 is 1.21 bits per heavy atom. The van der Waals surface area contributed by atoms with Crippen molar-refractivity contribution in [3.8, 4) is 5.75 Å². The average molecular weight is 494 g/mol. The van der Waals surface area contributed by atoms with Crippen molar-refractivity contribution < 1.29 is 26.3 Å². The summed E-state index contributed by atoms with van der Waals surface area (Å²) in [6, 6.07) is 9.94. The molecule has 0 fully saturated rings. The number of benzene rings is 2. The second kappa shape index (κ2) is 8.93. The summed E-state index contributed by atoms with van der Waals surface area (Å²) in [4.78, 5) is 4.24. The van der Waals surface area contributed by atoms with Crippen molar-refractivity contribution in [1.29, 1.82) is 0 Å². The van der Waals surface area contributed by atoms with Gasteiger partial charge in [0.2, 0.25) is 0 Å². The minimum atomic E-state index is -4.95. The molecule has 2 heterocycles. The van der Waals surface area contributed by atoms with Crippen molar-refractivity contribution in [2.45, 2.75) is 18.8 Å². The molecule has 0 aliphatic carbocycles. The van der Waals surface area contributed by atoms with E-state index in [9.17, 15) is 21.6 Å². The fraction of sp³-hybridized carbons (Fsp3) is 0.227. The SMILES string of the molecule is C[C@H](Oc1cc(C2=C3C(=CCN=C3N)N(C)N2)ccc1NS(=O)(=O)C(F)F)c1ccc(F)cc1. The number of hydrazine groups is 1. The highest BCUT2D eigenvalue weighted by molar-refractivity contribution is 7.93. The highest BCUT2D eigenvalue weighted by Crippen LogP contribution is 2.37. The molecule has 8 nitrogen and oxygen atoms in total. The summed E-state index contributed by atoms with van der Waals surface area (Å²) in [7, 11) is -3.14. The van der Waals surface area contributed by atoms with E-state index in [2.05, 4.69) is 10.4 Å². The summed E-state index contributed by atoms with van der Waals surface area (Å²) in [6.45, 7) is 2.10. The number of rotatable bonds is 7. The number of amidine groups is 1. The minimum absolute atomic E-state index is 0.000137. The number of aliphatic imine (C=N–C) groups is 1. The molecular formula is C22H22F3N5O3S. The standard InChI is InChI=1S/C22H22F3N5O3S/c1-12(13-3-6-15(23)7-4-13)33-18-11-14(5-8-16(18)29-34(31,32)22(24)25)20-19-17(30(2)28-20)9-10-27-21(19)26/h3-9,11-12,22,28-29H,10H2,1-2H3,(H2,26,27)/t12-/m0/s1. The molecule has 34 heavy (non-hydrogen) atoms. The van der Waals surface area contributed by atoms with Gasteiger partial charge in [-0.2, -0.15) is 8.78 Å². The Morgan fingerprint density at radius 3 is 2.59 bits per heavy atom. The van der Waals surface area contributed by atoms with E-state index in [0.717, 1.165) is 5.70 Å². The Kier molecular flexibility index (Phi) is 6.17. The van der Waals surface area contributed by atoms with Gasteiger partial charge >= 0.3 is 5.76 Å². The lowest BCUT2D eigenvalue weighted by Crippen LogP contribution is -2.27. The molecule has 1 atom stereocenters. The number of nitrogens with two attached hydrogens (primary N) is 1. The summed E-state index contributed by atoms with van der Waals surface area (Å²) in [5.74, 6) is -3.73. The lowest BCUT2D eigenvalue weighted by Gasteiger charge is -2.20. The van der Waals surface area contributed by atoms with Crippen molar-refractivity contribution in [2.75, 3.05) is 18.3 Å². The van der Waals surface area contributed by atoms with Gasteiger partial charge in [-0.3, -0.25) is 20.1 Å². The number of sulfonamides is 1. The Balaban J connectivity index is 1.77. The number of fused-ring (bicyclic) bond motifs is 1. The van der Waals surface area contributed by atoms with E-state index in [1.807, 2.05) is 10.8 Å². The second-order valence-electron chi connectivity index (χ2n) is 7.67. The van der Waals surface area contributed by atoms with E-state index < -0.39 is 27.7 Å². The molecule has 0 saturated heterocycles. The number of likely N-dealkylation sites (N-methyl/N-ethyl adjacent to an activating group) is 1. The van der Waals surface area contributed by atoms with Crippen LogP contribution >= 0.6 is 0 Å². The van der Waals surface area contributed by atoms with Gasteiger partial charge in [0.1, 0.15) is 23.5 Å². The largest absolute Gasteiger partial charge is 0.484 e. The molecule has 0 bridgehead atoms. The smallest absolute Gasteiger partial charge is 0.355 e. The topological polar surface area (TPSA) is 109 Å². The molecule has 4 rings (SSSR count). The van der Waals surface area contributed by atoms with Crippen LogP contribution in [0.2, 0.25) is 0 Å². The molecule has 2 aliphatic rings. The molecule has 0 unspecified atom stereocenters. The molecule has 2 aromatic rings. The van der Waals surface area contributed by atoms with Crippen LogP contribution < -0.4 is 20.6 Å². The highest BCUT2D eigenvalue weighted by Gasteiger charge is 2.30. The van der Waals surface area contributed by atoms with Crippen LogP contribution in [0.3, 0.4) is 0 Å². The third kappa shape index (κ3) is 4.53. The molecule has 2 aliphatic heterocycles. The van der Waals surface area contributed by atoms with Crippen molar-refractivity contribution in [3.05, 3.63) is 76.8 Å². The van der Waals surface area contributed by atoms with Crippen molar-refractivity contribution >= 4 is 27.2 Å². The Bertz CT molecular complexity index is 1310. The molecular weight excluding hydrogens is 471 g/mol. The van der Waals surface area contributed by atoms with Crippen LogP contribution in [0, 0.1) is 5.82 Å². The quantitative estimate of drug-likeness (QED) is 0.546. The van der Waals surface area contributed by atoms with Crippen molar-refractivity contribution in [2.24, 2.45) is 10.7 Å². The zero-order valence-electron chi connectivity index (χ0n) is 18.2. The Hall–Kier alpha value is -3.67. The summed E-state index contributed by atoms with van der Waals surface area (Å²) in [6.07, 6.45) is 1.24. The van der Waals surface area contributed by atoms with Crippen LogP contribution in [0.1, 0.15) is 24.2 Å². The first kappa shape index (κ1) is 23.5. The number of alkyl halides is 2. The molecule has 0 saturated carbocycles. The van der Waals surface area contributed by atoms with E-state index >= 15 is 0 Å². The monoisotopic (exact) mass is 493 g/mol. The summed E-state index contributed by atoms with van der Waals surface area (Å²) >= 11 is 0. The lowest BCUT2D eigenvalue weighted by atomic mass is 10.0. The van der Waals surface area contributed by atoms with Crippen LogP contribution in [-0.4, -0.2) is 38.6 Å². The van der Waals surface area contributed by atoms with Crippen LogP contribution in [-0.2, 0) is 10.0 Å². The average Bonchev–Trinajstić information content (AvgIpc) is 3.13. The van der Waals surface area contributed by atoms with Crippen LogP contribution in [0.5, 0.6) is 5.75 Å². The van der Waals surface area contributed by atoms with E-state index in [4.69, 9.17) is 10.5 Å². The second-order valence-corrected chi connectivity index (χ2v) is 9.32.